The Morgan fingerprint density at radius 1 is 1.10 bits per heavy atom. The number of nitrogens with zero attached hydrogens (tertiary/aromatic N) is 1. The number of nitrogens with one attached hydrogen (secondary N) is 1. The maximum absolute atomic E-state index is 15.5. The molecule has 4 bridgehead atoms. The smallest absolute Gasteiger partial charge is 0.264 e. The van der Waals surface area contributed by atoms with E-state index in [9.17, 15) is 13.2 Å². The summed E-state index contributed by atoms with van der Waals surface area (Å²) in [6, 6.07) is 8.75. The number of hydrogen-bond acceptors (Lipinski definition) is 8. The van der Waals surface area contributed by atoms with Crippen LogP contribution in [-0.4, -0.2) is 71.0 Å². The van der Waals surface area contributed by atoms with Gasteiger partial charge in [0.1, 0.15) is 11.6 Å². The van der Waals surface area contributed by atoms with Crippen molar-refractivity contribution >= 4 is 33.2 Å². The van der Waals surface area contributed by atoms with Crippen molar-refractivity contribution in [3.05, 3.63) is 70.0 Å². The van der Waals surface area contributed by atoms with Gasteiger partial charge in [-0.25, -0.2) is 17.5 Å². The fraction of sp³-hybridized carbons (Fsp3) is 0.625. The first-order chi connectivity index (χ1) is 25.0. The quantitative estimate of drug-likeness (QED) is 0.259. The van der Waals surface area contributed by atoms with E-state index in [1.54, 1.807) is 31.2 Å². The maximum Gasteiger partial charge on any atom is 0.264 e. The normalized spacial score (nSPS) is 35.2. The molecule has 1 amide bonds. The minimum atomic E-state index is -4.02. The van der Waals surface area contributed by atoms with Gasteiger partial charge in [-0.05, 0) is 124 Å². The highest BCUT2D eigenvalue weighted by molar-refractivity contribution is 7.90. The minimum absolute atomic E-state index is 0.0568. The van der Waals surface area contributed by atoms with Gasteiger partial charge in [0, 0.05) is 30.7 Å². The highest BCUT2D eigenvalue weighted by Crippen LogP contribution is 2.53. The molecule has 52 heavy (non-hydrogen) atoms. The van der Waals surface area contributed by atoms with Crippen molar-refractivity contribution in [3.63, 3.8) is 0 Å². The van der Waals surface area contributed by atoms with E-state index in [-0.39, 0.29) is 46.4 Å². The number of ether oxygens (including phenoxy) is 4. The molecule has 8 atom stereocenters. The summed E-state index contributed by atoms with van der Waals surface area (Å²) in [6.45, 7) is 6.74. The monoisotopic (exact) mass is 756 g/mol. The highest BCUT2D eigenvalue weighted by atomic mass is 35.5. The summed E-state index contributed by atoms with van der Waals surface area (Å²) < 4.78 is 70.7. The number of benzene rings is 2. The Balaban J connectivity index is 1.16. The Bertz CT molecular complexity index is 1840. The van der Waals surface area contributed by atoms with Gasteiger partial charge in [-0.3, -0.25) is 4.79 Å². The number of amides is 1. The number of carbonyl (C=O) groups is 1. The van der Waals surface area contributed by atoms with Crippen LogP contribution in [0.4, 0.5) is 10.1 Å². The zero-order valence-corrected chi connectivity index (χ0v) is 31.7. The van der Waals surface area contributed by atoms with Crippen LogP contribution < -0.4 is 14.4 Å². The number of hydrogen-bond donors (Lipinski definition) is 1. The average molecular weight is 757 g/mol. The number of sulfonamides is 1. The SMILES string of the molecule is C[C@@H]1[C@@H](C)S(=O)(=O)NC(=O)c2ccc3c(c2)N(C[C@@H]2CC[C@H]2[C@]2(OCCOC4CCCCO4)C=C[C@H]1C2)C[C@@]1(CCCc2c1ccc(Cl)c2F)CO3. The molecule has 12 heteroatoms. The Morgan fingerprint density at radius 3 is 2.75 bits per heavy atom. The van der Waals surface area contributed by atoms with Crippen molar-refractivity contribution in [2.45, 2.75) is 94.2 Å². The molecule has 2 fully saturated rings. The van der Waals surface area contributed by atoms with Crippen LogP contribution >= 0.6 is 11.6 Å². The standard InChI is InChI=1S/C40H50ClFN2O7S/c1-25-26(2)52(46,47)43-38(45)27-9-13-35-34(20-27)44(23-39(24-50-35)15-5-6-30-32(39)11-12-33(41)37(30)42)22-29-8-10-31(29)40(16-14-28(25)21-40)51-19-18-49-36-7-3-4-17-48-36/h9,11-14,16,20,25-26,28-29,31,36H,3-8,10,15,17-19,21-24H2,1-2H3,(H,43,45)/t25-,26-,28+,29+,31-,36?,39+,40+/m1/s1. The van der Waals surface area contributed by atoms with Crippen LogP contribution in [0.15, 0.2) is 42.5 Å². The van der Waals surface area contributed by atoms with E-state index in [0.29, 0.717) is 63.7 Å². The van der Waals surface area contributed by atoms with E-state index >= 15 is 4.39 Å². The van der Waals surface area contributed by atoms with Gasteiger partial charge < -0.3 is 23.8 Å². The summed E-state index contributed by atoms with van der Waals surface area (Å²) in [5, 5.41) is -0.698. The lowest BCUT2D eigenvalue weighted by Gasteiger charge is -2.50. The lowest BCUT2D eigenvalue weighted by atomic mass is 9.63. The summed E-state index contributed by atoms with van der Waals surface area (Å²) in [5.41, 5.74) is 1.45. The van der Waals surface area contributed by atoms with Gasteiger partial charge in [0.05, 0.1) is 41.4 Å². The lowest BCUT2D eigenvalue weighted by molar-refractivity contribution is -0.182. The maximum atomic E-state index is 15.5. The third kappa shape index (κ3) is 6.56. The molecule has 2 aromatic rings. The first kappa shape index (κ1) is 36.3. The van der Waals surface area contributed by atoms with E-state index in [1.807, 2.05) is 13.0 Å². The first-order valence-corrected chi connectivity index (χ1v) is 21.0. The zero-order chi connectivity index (χ0) is 36.3. The van der Waals surface area contributed by atoms with Crippen LogP contribution in [0.5, 0.6) is 5.75 Å². The van der Waals surface area contributed by atoms with Gasteiger partial charge in [-0.15, -0.1) is 0 Å². The molecule has 9 nitrogen and oxygen atoms in total. The van der Waals surface area contributed by atoms with Crippen LogP contribution in [0.2, 0.25) is 5.02 Å². The number of carbonyl (C=O) groups excluding carboxylic acids is 1. The molecule has 282 valence electrons. The summed E-state index contributed by atoms with van der Waals surface area (Å²) in [6.07, 6.45) is 12.0. The average Bonchev–Trinajstić information content (AvgIpc) is 3.49. The molecular weight excluding hydrogens is 707 g/mol. The van der Waals surface area contributed by atoms with Crippen molar-refractivity contribution < 1.29 is 36.6 Å². The van der Waals surface area contributed by atoms with Gasteiger partial charge in [-0.2, -0.15) is 0 Å². The molecule has 8 rings (SSSR count). The van der Waals surface area contributed by atoms with Crippen molar-refractivity contribution in [1.29, 1.82) is 0 Å². The fourth-order valence-corrected chi connectivity index (χ4v) is 11.3. The third-order valence-electron chi connectivity index (χ3n) is 13.1. The predicted molar refractivity (Wildman–Crippen MR) is 197 cm³/mol. The van der Waals surface area contributed by atoms with Crippen molar-refractivity contribution in [1.82, 2.24) is 4.72 Å². The number of halogens is 2. The number of allylic oxidation sites excluding steroid dienone is 1. The molecule has 1 saturated carbocycles. The van der Waals surface area contributed by atoms with Gasteiger partial charge in [0.25, 0.3) is 5.91 Å². The third-order valence-corrected chi connectivity index (χ3v) is 15.3. The Kier molecular flexibility index (Phi) is 9.89. The van der Waals surface area contributed by atoms with Gasteiger partial charge in [-0.1, -0.05) is 36.7 Å². The molecule has 3 heterocycles. The summed E-state index contributed by atoms with van der Waals surface area (Å²) in [7, 11) is -4.02. The van der Waals surface area contributed by atoms with Crippen LogP contribution in [0.25, 0.3) is 0 Å². The summed E-state index contributed by atoms with van der Waals surface area (Å²) in [4.78, 5) is 16.0. The second-order valence-corrected chi connectivity index (χ2v) is 18.5. The predicted octanol–water partition coefficient (Wildman–Crippen LogP) is 6.95. The van der Waals surface area contributed by atoms with Crippen LogP contribution in [0.3, 0.4) is 0 Å². The van der Waals surface area contributed by atoms with Crippen LogP contribution in [0.1, 0.15) is 86.7 Å². The Morgan fingerprint density at radius 2 is 1.96 bits per heavy atom. The van der Waals surface area contributed by atoms with E-state index < -0.39 is 32.2 Å². The van der Waals surface area contributed by atoms with E-state index in [2.05, 4.69) is 21.8 Å². The number of anilines is 1. The second kappa shape index (κ2) is 14.2. The lowest BCUT2D eigenvalue weighted by Crippen LogP contribution is -2.53. The molecule has 6 aliphatic rings. The van der Waals surface area contributed by atoms with E-state index in [1.165, 1.54) is 0 Å². The topological polar surface area (TPSA) is 103 Å². The zero-order valence-electron chi connectivity index (χ0n) is 30.1. The number of fused-ring (bicyclic) bond motifs is 7. The van der Waals surface area contributed by atoms with Crippen molar-refractivity contribution in [2.75, 3.05) is 44.4 Å². The molecule has 0 radical (unpaired) electrons. The molecule has 1 unspecified atom stereocenters. The van der Waals surface area contributed by atoms with Crippen LogP contribution in [0, 0.1) is 29.5 Å². The first-order valence-electron chi connectivity index (χ1n) is 19.1. The fourth-order valence-electron chi connectivity index (χ4n) is 9.81. The molecule has 1 N–H and O–H groups in total. The summed E-state index contributed by atoms with van der Waals surface area (Å²) >= 11 is 6.28. The van der Waals surface area contributed by atoms with Gasteiger partial charge in [0.15, 0.2) is 6.29 Å². The second-order valence-electron chi connectivity index (χ2n) is 16.1. The molecule has 0 aromatic heterocycles. The Labute approximate surface area is 311 Å². The van der Waals surface area contributed by atoms with Crippen molar-refractivity contribution in [2.24, 2.45) is 23.7 Å². The molecule has 3 aliphatic carbocycles. The largest absolute Gasteiger partial charge is 0.490 e. The Hall–Kier alpha value is -2.70. The van der Waals surface area contributed by atoms with E-state index in [0.717, 1.165) is 56.2 Å². The molecule has 2 aromatic carbocycles. The molecule has 1 saturated heterocycles. The molecule has 3 aliphatic heterocycles. The number of rotatable bonds is 5. The van der Waals surface area contributed by atoms with Crippen LogP contribution in [-0.2, 0) is 36.1 Å². The van der Waals surface area contributed by atoms with Crippen molar-refractivity contribution in [3.8, 4) is 5.75 Å². The molecular formula is C40H50ClFN2O7S. The van der Waals surface area contributed by atoms with Gasteiger partial charge >= 0.3 is 0 Å². The molecule has 1 spiro atoms. The van der Waals surface area contributed by atoms with Gasteiger partial charge in [0.2, 0.25) is 10.0 Å². The van der Waals surface area contributed by atoms with E-state index in [4.69, 9.17) is 30.5 Å². The highest BCUT2D eigenvalue weighted by Gasteiger charge is 2.53. The summed E-state index contributed by atoms with van der Waals surface area (Å²) in [5.74, 6) is -0.300. The minimum Gasteiger partial charge on any atom is -0.490 e.